The normalized spacial score (nSPS) is 26.7. The summed E-state index contributed by atoms with van der Waals surface area (Å²) in [7, 11) is 0. The second kappa shape index (κ2) is 9.96. The summed E-state index contributed by atoms with van der Waals surface area (Å²) in [5.74, 6) is 0.272. The summed E-state index contributed by atoms with van der Waals surface area (Å²) in [6, 6.07) is 7.45. The number of hydrogen-bond donors (Lipinski definition) is 4. The lowest BCUT2D eigenvalue weighted by molar-refractivity contribution is -0.136. The van der Waals surface area contributed by atoms with Gasteiger partial charge in [0.1, 0.15) is 5.84 Å². The standard InChI is InChI=1S/C25H36N2O4/c1-4-5-12-25(2,3)22(29)11-10-18-19-14-23(27-20(19)15-21(18)28)26-17-8-6-16(7-9-17)13-24(30)31/h6-11,18-22,28-29H,4-5,12-15H2,1-3H3,(H,26,27)(H,30,31)/t18?,19?,20?,21?,22-/m0/s1. The third-order valence-electron chi connectivity index (χ3n) is 6.76. The van der Waals surface area contributed by atoms with E-state index in [1.54, 1.807) is 0 Å². The molecule has 6 heteroatoms. The molecule has 0 aromatic heterocycles. The fourth-order valence-electron chi connectivity index (χ4n) is 4.69. The number of rotatable bonds is 9. The van der Waals surface area contributed by atoms with Gasteiger partial charge in [-0.3, -0.25) is 9.79 Å². The minimum atomic E-state index is -0.842. The Balaban J connectivity index is 1.59. The molecular formula is C25H36N2O4. The van der Waals surface area contributed by atoms with Crippen molar-refractivity contribution in [2.24, 2.45) is 22.2 Å². The second-order valence-corrected chi connectivity index (χ2v) is 9.71. The number of nitrogens with one attached hydrogen (secondary N) is 1. The molecule has 0 bridgehead atoms. The topological polar surface area (TPSA) is 102 Å². The van der Waals surface area contributed by atoms with Crippen LogP contribution < -0.4 is 5.32 Å². The zero-order valence-corrected chi connectivity index (χ0v) is 18.8. The minimum absolute atomic E-state index is 0.0115. The Morgan fingerprint density at radius 2 is 2.03 bits per heavy atom. The Labute approximate surface area is 185 Å². The van der Waals surface area contributed by atoms with Crippen LogP contribution in [0.2, 0.25) is 0 Å². The summed E-state index contributed by atoms with van der Waals surface area (Å²) in [5.41, 5.74) is 1.46. The van der Waals surface area contributed by atoms with E-state index < -0.39 is 18.2 Å². The number of aliphatic hydroxyl groups is 2. The van der Waals surface area contributed by atoms with E-state index in [4.69, 9.17) is 10.1 Å². The van der Waals surface area contributed by atoms with Crippen molar-refractivity contribution in [2.75, 3.05) is 5.32 Å². The highest BCUT2D eigenvalue weighted by atomic mass is 16.4. The highest BCUT2D eigenvalue weighted by Crippen LogP contribution is 2.42. The number of carbonyl (C=O) groups is 1. The molecule has 0 radical (unpaired) electrons. The fraction of sp³-hybridized carbons (Fsp3) is 0.600. The zero-order valence-electron chi connectivity index (χ0n) is 18.8. The Morgan fingerprint density at radius 1 is 1.32 bits per heavy atom. The molecule has 1 fully saturated rings. The molecule has 170 valence electrons. The SMILES string of the molecule is CCCCC(C)(C)[C@@H](O)C=CC1C(O)CC2N=C(Nc3ccc(CC(=O)O)cc3)CC21. The second-order valence-electron chi connectivity index (χ2n) is 9.71. The Kier molecular flexibility index (Phi) is 7.55. The van der Waals surface area contributed by atoms with Gasteiger partial charge in [-0.25, -0.2) is 0 Å². The van der Waals surface area contributed by atoms with E-state index in [1.807, 2.05) is 36.4 Å². The maximum atomic E-state index is 10.8. The van der Waals surface area contributed by atoms with Crippen LogP contribution >= 0.6 is 0 Å². The van der Waals surface area contributed by atoms with Crippen LogP contribution in [0.1, 0.15) is 58.4 Å². The maximum absolute atomic E-state index is 10.8. The summed E-state index contributed by atoms with van der Waals surface area (Å²) in [6.07, 6.45) is 7.49. The van der Waals surface area contributed by atoms with Gasteiger partial charge in [-0.2, -0.15) is 0 Å². The van der Waals surface area contributed by atoms with E-state index in [0.717, 1.165) is 42.8 Å². The average Bonchev–Trinajstić information content (AvgIpc) is 3.21. The molecule has 1 aliphatic heterocycles. The van der Waals surface area contributed by atoms with Gasteiger partial charge in [-0.1, -0.05) is 57.9 Å². The quantitative estimate of drug-likeness (QED) is 0.445. The molecule has 0 spiro atoms. The number of carboxylic acid groups (broad SMARTS) is 1. The van der Waals surface area contributed by atoms with Gasteiger partial charge in [0.05, 0.1) is 24.7 Å². The molecule has 1 aliphatic carbocycles. The lowest BCUT2D eigenvalue weighted by Gasteiger charge is -2.29. The van der Waals surface area contributed by atoms with Gasteiger partial charge in [0.2, 0.25) is 0 Å². The van der Waals surface area contributed by atoms with Crippen LogP contribution in [-0.4, -0.2) is 45.4 Å². The molecule has 4 unspecified atom stereocenters. The van der Waals surface area contributed by atoms with E-state index in [9.17, 15) is 15.0 Å². The summed E-state index contributed by atoms with van der Waals surface area (Å²) in [4.78, 5) is 15.6. The molecule has 31 heavy (non-hydrogen) atoms. The number of aliphatic hydroxyl groups excluding tert-OH is 2. The van der Waals surface area contributed by atoms with Gasteiger partial charge < -0.3 is 20.6 Å². The number of nitrogens with zero attached hydrogens (tertiary/aromatic N) is 1. The van der Waals surface area contributed by atoms with Crippen molar-refractivity contribution in [1.29, 1.82) is 0 Å². The van der Waals surface area contributed by atoms with Crippen molar-refractivity contribution in [3.05, 3.63) is 42.0 Å². The molecule has 1 heterocycles. The molecule has 5 atom stereocenters. The van der Waals surface area contributed by atoms with E-state index in [-0.39, 0.29) is 29.7 Å². The average molecular weight is 429 g/mol. The first-order valence-corrected chi connectivity index (χ1v) is 11.4. The highest BCUT2D eigenvalue weighted by Gasteiger charge is 2.45. The van der Waals surface area contributed by atoms with Crippen LogP contribution in [0.3, 0.4) is 0 Å². The van der Waals surface area contributed by atoms with Gasteiger partial charge >= 0.3 is 5.97 Å². The maximum Gasteiger partial charge on any atom is 0.307 e. The number of carboxylic acids is 1. The predicted molar refractivity (Wildman–Crippen MR) is 123 cm³/mol. The molecule has 0 amide bonds. The highest BCUT2D eigenvalue weighted by molar-refractivity contribution is 5.97. The fourth-order valence-corrected chi connectivity index (χ4v) is 4.69. The van der Waals surface area contributed by atoms with Crippen LogP contribution in [0.25, 0.3) is 0 Å². The minimum Gasteiger partial charge on any atom is -0.481 e. The van der Waals surface area contributed by atoms with Crippen LogP contribution in [0.4, 0.5) is 5.69 Å². The summed E-state index contributed by atoms with van der Waals surface area (Å²) >= 11 is 0. The zero-order chi connectivity index (χ0) is 22.6. The van der Waals surface area contributed by atoms with Crippen LogP contribution in [0, 0.1) is 17.3 Å². The molecule has 3 rings (SSSR count). The molecule has 1 aromatic rings. The number of aliphatic imine (C=N–C) groups is 1. The Morgan fingerprint density at radius 3 is 2.68 bits per heavy atom. The van der Waals surface area contributed by atoms with Gasteiger partial charge in [-0.05, 0) is 41.9 Å². The van der Waals surface area contributed by atoms with Crippen molar-refractivity contribution < 1.29 is 20.1 Å². The van der Waals surface area contributed by atoms with E-state index in [1.165, 1.54) is 0 Å². The Bertz CT molecular complexity index is 815. The molecule has 4 N–H and O–H groups in total. The lowest BCUT2D eigenvalue weighted by Crippen LogP contribution is -2.28. The largest absolute Gasteiger partial charge is 0.481 e. The first-order valence-electron chi connectivity index (χ1n) is 11.4. The first-order chi connectivity index (χ1) is 14.7. The van der Waals surface area contributed by atoms with Crippen molar-refractivity contribution in [1.82, 2.24) is 0 Å². The molecule has 2 aliphatic rings. The third kappa shape index (κ3) is 5.95. The van der Waals surface area contributed by atoms with Crippen molar-refractivity contribution in [3.8, 4) is 0 Å². The molecule has 0 saturated heterocycles. The number of hydrogen-bond acceptors (Lipinski definition) is 5. The molecule has 1 saturated carbocycles. The number of unbranched alkanes of at least 4 members (excludes halogenated alkanes) is 1. The Hall–Kier alpha value is -2.18. The van der Waals surface area contributed by atoms with Crippen LogP contribution in [0.15, 0.2) is 41.4 Å². The number of anilines is 1. The first kappa shape index (κ1) is 23.5. The van der Waals surface area contributed by atoms with E-state index in [2.05, 4.69) is 26.1 Å². The van der Waals surface area contributed by atoms with Gasteiger partial charge in [0.15, 0.2) is 0 Å². The monoisotopic (exact) mass is 428 g/mol. The van der Waals surface area contributed by atoms with Gasteiger partial charge in [0.25, 0.3) is 0 Å². The number of fused-ring (bicyclic) bond motifs is 1. The van der Waals surface area contributed by atoms with E-state index in [0.29, 0.717) is 6.42 Å². The van der Waals surface area contributed by atoms with Gasteiger partial charge in [0, 0.05) is 18.0 Å². The number of amidine groups is 1. The predicted octanol–water partition coefficient (Wildman–Crippen LogP) is 4.03. The summed E-state index contributed by atoms with van der Waals surface area (Å²) < 4.78 is 0. The number of benzene rings is 1. The van der Waals surface area contributed by atoms with Crippen molar-refractivity contribution >= 4 is 17.5 Å². The molecule has 6 nitrogen and oxygen atoms in total. The molecular weight excluding hydrogens is 392 g/mol. The van der Waals surface area contributed by atoms with Gasteiger partial charge in [-0.15, -0.1) is 0 Å². The smallest absolute Gasteiger partial charge is 0.307 e. The lowest BCUT2D eigenvalue weighted by atomic mass is 9.80. The molecule has 1 aromatic carbocycles. The van der Waals surface area contributed by atoms with Crippen LogP contribution in [-0.2, 0) is 11.2 Å². The van der Waals surface area contributed by atoms with Crippen LogP contribution in [0.5, 0.6) is 0 Å². The summed E-state index contributed by atoms with van der Waals surface area (Å²) in [6.45, 7) is 6.34. The summed E-state index contributed by atoms with van der Waals surface area (Å²) in [5, 5.41) is 33.5. The number of aliphatic carboxylic acids is 1. The van der Waals surface area contributed by atoms with Crippen molar-refractivity contribution in [3.63, 3.8) is 0 Å². The third-order valence-corrected chi connectivity index (χ3v) is 6.76. The van der Waals surface area contributed by atoms with Crippen molar-refractivity contribution in [2.45, 2.75) is 77.5 Å². The van der Waals surface area contributed by atoms with E-state index >= 15 is 0 Å².